The first kappa shape index (κ1) is 14.8. The fourth-order valence-electron chi connectivity index (χ4n) is 3.51. The van der Waals surface area contributed by atoms with E-state index in [0.717, 1.165) is 30.4 Å². The second kappa shape index (κ2) is 6.75. The zero-order chi connectivity index (χ0) is 14.7. The van der Waals surface area contributed by atoms with Crippen molar-refractivity contribution in [2.24, 2.45) is 5.92 Å². The molecule has 0 saturated carbocycles. The van der Waals surface area contributed by atoms with Gasteiger partial charge in [-0.15, -0.1) is 0 Å². The number of pyridine rings is 1. The van der Waals surface area contributed by atoms with Gasteiger partial charge in [-0.3, -0.25) is 0 Å². The molecule has 2 fully saturated rings. The number of piperidine rings is 1. The first-order chi connectivity index (χ1) is 10.2. The van der Waals surface area contributed by atoms with E-state index in [0.29, 0.717) is 0 Å². The van der Waals surface area contributed by atoms with Crippen LogP contribution < -0.4 is 4.90 Å². The molecule has 0 unspecified atom stereocenters. The molecule has 3 rings (SSSR count). The third kappa shape index (κ3) is 3.74. The monoisotopic (exact) mass is 289 g/mol. The summed E-state index contributed by atoms with van der Waals surface area (Å²) in [4.78, 5) is 9.52. The Balaban J connectivity index is 1.50. The maximum Gasteiger partial charge on any atom is 0.128 e. The predicted octanol–water partition coefficient (Wildman–Crippen LogP) is 2.45. The third-order valence-corrected chi connectivity index (χ3v) is 4.91. The molecule has 0 radical (unpaired) electrons. The van der Waals surface area contributed by atoms with Gasteiger partial charge in [-0.05, 0) is 63.2 Å². The molecule has 21 heavy (non-hydrogen) atoms. The summed E-state index contributed by atoms with van der Waals surface area (Å²) in [5, 5.41) is 9.54. The lowest BCUT2D eigenvalue weighted by atomic mass is 9.96. The Morgan fingerprint density at radius 2 is 1.90 bits per heavy atom. The largest absolute Gasteiger partial charge is 0.389 e. The van der Waals surface area contributed by atoms with Crippen LogP contribution in [0.1, 0.15) is 44.3 Å². The van der Waals surface area contributed by atoms with Crippen molar-refractivity contribution >= 4 is 5.82 Å². The van der Waals surface area contributed by atoms with Gasteiger partial charge in [0.15, 0.2) is 0 Å². The van der Waals surface area contributed by atoms with Crippen LogP contribution in [-0.4, -0.2) is 47.7 Å². The molecular weight excluding hydrogens is 262 g/mol. The summed E-state index contributed by atoms with van der Waals surface area (Å²) in [5.41, 5.74) is 0.891. The molecule has 0 amide bonds. The van der Waals surface area contributed by atoms with E-state index in [4.69, 9.17) is 0 Å². The van der Waals surface area contributed by atoms with E-state index in [9.17, 15) is 5.11 Å². The number of hydrogen-bond donors (Lipinski definition) is 1. The molecule has 4 heteroatoms. The summed E-state index contributed by atoms with van der Waals surface area (Å²) < 4.78 is 0. The van der Waals surface area contributed by atoms with Crippen LogP contribution >= 0.6 is 0 Å². The highest BCUT2D eigenvalue weighted by Crippen LogP contribution is 2.24. The number of aliphatic hydroxyl groups excluding tert-OH is 1. The van der Waals surface area contributed by atoms with Gasteiger partial charge in [-0.2, -0.15) is 0 Å². The maximum atomic E-state index is 9.54. The Morgan fingerprint density at radius 3 is 2.48 bits per heavy atom. The van der Waals surface area contributed by atoms with Crippen LogP contribution in [0.15, 0.2) is 18.3 Å². The number of aliphatic hydroxyl groups is 1. The lowest BCUT2D eigenvalue weighted by Crippen LogP contribution is -2.38. The lowest BCUT2D eigenvalue weighted by Gasteiger charge is -2.34. The van der Waals surface area contributed by atoms with Crippen LogP contribution in [0.2, 0.25) is 0 Å². The second-order valence-corrected chi connectivity index (χ2v) is 6.56. The van der Waals surface area contributed by atoms with Gasteiger partial charge in [0.1, 0.15) is 5.82 Å². The number of likely N-dealkylation sites (tertiary alicyclic amines) is 1. The maximum absolute atomic E-state index is 9.54. The van der Waals surface area contributed by atoms with E-state index < -0.39 is 6.10 Å². The van der Waals surface area contributed by atoms with Crippen molar-refractivity contribution in [3.63, 3.8) is 0 Å². The SMILES string of the molecule is C[C@H](O)c1ccc(N2CCC(CN3CCCC3)CC2)nc1. The smallest absolute Gasteiger partial charge is 0.128 e. The van der Waals surface area contributed by atoms with Crippen LogP contribution in [0, 0.1) is 5.92 Å². The Labute approximate surface area is 127 Å². The third-order valence-electron chi connectivity index (χ3n) is 4.91. The van der Waals surface area contributed by atoms with Gasteiger partial charge in [0.25, 0.3) is 0 Å². The summed E-state index contributed by atoms with van der Waals surface area (Å²) in [5.74, 6) is 1.91. The van der Waals surface area contributed by atoms with Gasteiger partial charge in [0.05, 0.1) is 6.10 Å². The summed E-state index contributed by atoms with van der Waals surface area (Å²) in [6.07, 6.45) is 6.69. The van der Waals surface area contributed by atoms with Crippen molar-refractivity contribution in [1.82, 2.24) is 9.88 Å². The number of anilines is 1. The van der Waals surface area contributed by atoms with Gasteiger partial charge in [0.2, 0.25) is 0 Å². The number of nitrogens with zero attached hydrogens (tertiary/aromatic N) is 3. The van der Waals surface area contributed by atoms with Crippen molar-refractivity contribution in [3.05, 3.63) is 23.9 Å². The molecule has 3 heterocycles. The molecule has 2 aliphatic rings. The number of aromatic nitrogens is 1. The minimum absolute atomic E-state index is 0.433. The summed E-state index contributed by atoms with van der Waals surface area (Å²) in [7, 11) is 0. The highest BCUT2D eigenvalue weighted by Gasteiger charge is 2.23. The molecule has 2 aliphatic heterocycles. The van der Waals surface area contributed by atoms with E-state index in [1.807, 2.05) is 12.1 Å². The molecule has 0 bridgehead atoms. The van der Waals surface area contributed by atoms with Crippen molar-refractivity contribution in [2.75, 3.05) is 37.6 Å². The molecule has 1 aromatic heterocycles. The first-order valence-electron chi connectivity index (χ1n) is 8.33. The fourth-order valence-corrected chi connectivity index (χ4v) is 3.51. The highest BCUT2D eigenvalue weighted by molar-refractivity contribution is 5.40. The Hall–Kier alpha value is -1.13. The van der Waals surface area contributed by atoms with Crippen molar-refractivity contribution in [3.8, 4) is 0 Å². The van der Waals surface area contributed by atoms with Gasteiger partial charge in [-0.1, -0.05) is 6.07 Å². The standard InChI is InChI=1S/C17H27N3O/c1-14(21)16-4-5-17(18-12-16)20-10-6-15(7-11-20)13-19-8-2-3-9-19/h4-5,12,14-15,21H,2-3,6-11,13H2,1H3/t14-/m0/s1. The fraction of sp³-hybridized carbons (Fsp3) is 0.706. The van der Waals surface area contributed by atoms with Crippen molar-refractivity contribution < 1.29 is 5.11 Å². The van der Waals surface area contributed by atoms with Crippen LogP contribution in [-0.2, 0) is 0 Å². The molecule has 1 atom stereocenters. The van der Waals surface area contributed by atoms with Crippen molar-refractivity contribution in [1.29, 1.82) is 0 Å². The van der Waals surface area contributed by atoms with Crippen LogP contribution in [0.4, 0.5) is 5.82 Å². The number of hydrogen-bond acceptors (Lipinski definition) is 4. The van der Waals surface area contributed by atoms with E-state index >= 15 is 0 Å². The lowest BCUT2D eigenvalue weighted by molar-refractivity contribution is 0.199. The van der Waals surface area contributed by atoms with Gasteiger partial charge >= 0.3 is 0 Å². The Bertz CT molecular complexity index is 432. The summed E-state index contributed by atoms with van der Waals surface area (Å²) in [6.45, 7) is 7.91. The quantitative estimate of drug-likeness (QED) is 0.924. The highest BCUT2D eigenvalue weighted by atomic mass is 16.3. The summed E-state index contributed by atoms with van der Waals surface area (Å²) >= 11 is 0. The normalized spacial score (nSPS) is 22.7. The second-order valence-electron chi connectivity index (χ2n) is 6.56. The van der Waals surface area contributed by atoms with Gasteiger partial charge in [0, 0.05) is 25.8 Å². The zero-order valence-electron chi connectivity index (χ0n) is 13.0. The predicted molar refractivity (Wildman–Crippen MR) is 85.5 cm³/mol. The minimum Gasteiger partial charge on any atom is -0.389 e. The Kier molecular flexibility index (Phi) is 4.76. The van der Waals surface area contributed by atoms with Crippen LogP contribution in [0.3, 0.4) is 0 Å². The Morgan fingerprint density at radius 1 is 1.19 bits per heavy atom. The molecule has 4 nitrogen and oxygen atoms in total. The molecule has 2 saturated heterocycles. The molecule has 116 valence electrons. The average Bonchev–Trinajstić information content (AvgIpc) is 3.01. The van der Waals surface area contributed by atoms with Crippen molar-refractivity contribution in [2.45, 2.75) is 38.7 Å². The van der Waals surface area contributed by atoms with Gasteiger partial charge < -0.3 is 14.9 Å². The van der Waals surface area contributed by atoms with E-state index in [1.54, 1.807) is 13.1 Å². The van der Waals surface area contributed by atoms with E-state index in [1.165, 1.54) is 45.3 Å². The molecule has 0 aromatic carbocycles. The average molecular weight is 289 g/mol. The van der Waals surface area contributed by atoms with Gasteiger partial charge in [-0.25, -0.2) is 4.98 Å². The molecule has 0 spiro atoms. The topological polar surface area (TPSA) is 39.6 Å². The number of rotatable bonds is 4. The van der Waals surface area contributed by atoms with Crippen LogP contribution in [0.5, 0.6) is 0 Å². The molecule has 0 aliphatic carbocycles. The summed E-state index contributed by atoms with van der Waals surface area (Å²) in [6, 6.07) is 4.03. The zero-order valence-corrected chi connectivity index (χ0v) is 13.0. The molecule has 1 aromatic rings. The minimum atomic E-state index is -0.433. The van der Waals surface area contributed by atoms with Crippen LogP contribution in [0.25, 0.3) is 0 Å². The van der Waals surface area contributed by atoms with E-state index in [-0.39, 0.29) is 0 Å². The first-order valence-corrected chi connectivity index (χ1v) is 8.33. The molecule has 1 N–H and O–H groups in total. The molecular formula is C17H27N3O. The van der Waals surface area contributed by atoms with E-state index in [2.05, 4.69) is 14.8 Å².